The zero-order valence-electron chi connectivity index (χ0n) is 15.3. The number of benzene rings is 1. The molecule has 0 spiro atoms. The Morgan fingerprint density at radius 3 is 2.73 bits per heavy atom. The monoisotopic (exact) mass is 351 g/mol. The van der Waals surface area contributed by atoms with Crippen LogP contribution in [0.4, 0.5) is 0 Å². The van der Waals surface area contributed by atoms with Crippen molar-refractivity contribution in [3.63, 3.8) is 0 Å². The van der Waals surface area contributed by atoms with E-state index >= 15 is 0 Å². The molecular formula is C21H29N5. The van der Waals surface area contributed by atoms with Gasteiger partial charge in [0.2, 0.25) is 0 Å². The molecule has 3 heterocycles. The molecule has 26 heavy (non-hydrogen) atoms. The zero-order valence-corrected chi connectivity index (χ0v) is 15.3. The molecule has 2 fully saturated rings. The number of nitrogens with zero attached hydrogens (tertiary/aromatic N) is 2. The van der Waals surface area contributed by atoms with Crippen molar-refractivity contribution < 1.29 is 0 Å². The van der Waals surface area contributed by atoms with Gasteiger partial charge < -0.3 is 5.32 Å². The Morgan fingerprint density at radius 2 is 1.92 bits per heavy atom. The van der Waals surface area contributed by atoms with Crippen molar-refractivity contribution >= 4 is 0 Å². The summed E-state index contributed by atoms with van der Waals surface area (Å²) >= 11 is 0. The van der Waals surface area contributed by atoms with Crippen LogP contribution < -0.4 is 16.2 Å². The molecule has 2 atom stereocenters. The fraction of sp³-hybridized carbons (Fsp3) is 0.476. The predicted octanol–water partition coefficient (Wildman–Crippen LogP) is 2.23. The van der Waals surface area contributed by atoms with Crippen LogP contribution in [0.5, 0.6) is 0 Å². The first kappa shape index (κ1) is 17.6. The first-order valence-corrected chi connectivity index (χ1v) is 9.78. The molecule has 1 aromatic heterocycles. The zero-order chi connectivity index (χ0) is 17.6. The van der Waals surface area contributed by atoms with Crippen molar-refractivity contribution in [3.05, 3.63) is 65.5 Å². The number of hydrogen-bond acceptors (Lipinski definition) is 5. The molecule has 2 unspecified atom stereocenters. The van der Waals surface area contributed by atoms with E-state index in [1.807, 2.05) is 18.5 Å². The molecule has 4 rings (SSSR count). The van der Waals surface area contributed by atoms with Gasteiger partial charge in [0.1, 0.15) is 0 Å². The number of rotatable bonds is 7. The lowest BCUT2D eigenvalue weighted by atomic mass is 9.96. The first-order chi connectivity index (χ1) is 12.9. The molecule has 2 saturated heterocycles. The third-order valence-corrected chi connectivity index (χ3v) is 5.57. The Balaban J connectivity index is 1.33. The van der Waals surface area contributed by atoms with Gasteiger partial charge in [0.25, 0.3) is 0 Å². The van der Waals surface area contributed by atoms with Crippen LogP contribution in [-0.2, 0) is 13.1 Å². The number of hydrazine groups is 1. The smallest absolute Gasteiger partial charge is 0.0530 e. The summed E-state index contributed by atoms with van der Waals surface area (Å²) in [6.45, 7) is 6.46. The van der Waals surface area contributed by atoms with E-state index in [1.54, 1.807) is 0 Å². The van der Waals surface area contributed by atoms with Crippen LogP contribution in [-0.4, -0.2) is 36.1 Å². The largest absolute Gasteiger partial charge is 0.312 e. The van der Waals surface area contributed by atoms with Crippen LogP contribution in [0.1, 0.15) is 35.6 Å². The molecule has 5 heteroatoms. The summed E-state index contributed by atoms with van der Waals surface area (Å²) in [5.74, 6) is 0.518. The average Bonchev–Trinajstić information content (AvgIpc) is 3.36. The Hall–Kier alpha value is -1.79. The van der Waals surface area contributed by atoms with Gasteiger partial charge in [-0.2, -0.15) is 0 Å². The Bertz CT molecular complexity index is 684. The number of pyridine rings is 1. The van der Waals surface area contributed by atoms with E-state index in [1.165, 1.54) is 42.6 Å². The second kappa shape index (κ2) is 8.73. The van der Waals surface area contributed by atoms with Gasteiger partial charge >= 0.3 is 0 Å². The SMILES string of the molecule is c1cncc(C2NNCC2CNCc2ccccc2CN2CCCC2)c1. The fourth-order valence-electron chi connectivity index (χ4n) is 4.10. The lowest BCUT2D eigenvalue weighted by Gasteiger charge is -2.20. The molecule has 0 aliphatic carbocycles. The molecule has 138 valence electrons. The molecule has 0 bridgehead atoms. The highest BCUT2D eigenvalue weighted by molar-refractivity contribution is 5.27. The van der Waals surface area contributed by atoms with Gasteiger partial charge in [0, 0.05) is 44.5 Å². The van der Waals surface area contributed by atoms with E-state index in [2.05, 4.69) is 56.4 Å². The summed E-state index contributed by atoms with van der Waals surface area (Å²) in [6, 6.07) is 13.3. The van der Waals surface area contributed by atoms with Crippen molar-refractivity contribution in [2.24, 2.45) is 5.92 Å². The topological polar surface area (TPSA) is 52.2 Å². The highest BCUT2D eigenvalue weighted by Crippen LogP contribution is 2.23. The van der Waals surface area contributed by atoms with Crippen molar-refractivity contribution in [3.8, 4) is 0 Å². The molecule has 1 aromatic carbocycles. The lowest BCUT2D eigenvalue weighted by Crippen LogP contribution is -2.29. The van der Waals surface area contributed by atoms with E-state index in [9.17, 15) is 0 Å². The molecule has 2 aliphatic rings. The van der Waals surface area contributed by atoms with E-state index < -0.39 is 0 Å². The summed E-state index contributed by atoms with van der Waals surface area (Å²) in [5.41, 5.74) is 10.8. The molecule has 3 N–H and O–H groups in total. The molecule has 0 saturated carbocycles. The van der Waals surface area contributed by atoms with Gasteiger partial charge in [-0.1, -0.05) is 30.3 Å². The van der Waals surface area contributed by atoms with Crippen LogP contribution in [0, 0.1) is 5.92 Å². The number of likely N-dealkylation sites (tertiary alicyclic amines) is 1. The maximum Gasteiger partial charge on any atom is 0.0530 e. The van der Waals surface area contributed by atoms with Crippen LogP contribution in [0.25, 0.3) is 0 Å². The van der Waals surface area contributed by atoms with E-state index in [0.717, 1.165) is 26.2 Å². The van der Waals surface area contributed by atoms with E-state index in [-0.39, 0.29) is 0 Å². The summed E-state index contributed by atoms with van der Waals surface area (Å²) < 4.78 is 0. The summed E-state index contributed by atoms with van der Waals surface area (Å²) in [4.78, 5) is 6.83. The summed E-state index contributed by atoms with van der Waals surface area (Å²) in [5, 5.41) is 3.69. The second-order valence-corrected chi connectivity index (χ2v) is 7.43. The maximum absolute atomic E-state index is 4.26. The van der Waals surface area contributed by atoms with Crippen LogP contribution in [0.15, 0.2) is 48.8 Å². The van der Waals surface area contributed by atoms with Gasteiger partial charge in [-0.15, -0.1) is 0 Å². The minimum atomic E-state index is 0.316. The number of nitrogens with one attached hydrogen (secondary N) is 3. The minimum absolute atomic E-state index is 0.316. The Morgan fingerprint density at radius 1 is 1.08 bits per heavy atom. The van der Waals surface area contributed by atoms with Gasteiger partial charge in [-0.05, 0) is 48.7 Å². The van der Waals surface area contributed by atoms with E-state index in [4.69, 9.17) is 0 Å². The van der Waals surface area contributed by atoms with E-state index in [0.29, 0.717) is 12.0 Å². The molecule has 0 radical (unpaired) electrons. The average molecular weight is 351 g/mol. The summed E-state index contributed by atoms with van der Waals surface area (Å²) in [7, 11) is 0. The van der Waals surface area contributed by atoms with Crippen molar-refractivity contribution in [2.75, 3.05) is 26.2 Å². The Kier molecular flexibility index (Phi) is 5.92. The molecule has 0 amide bonds. The Labute approximate surface area is 156 Å². The molecular weight excluding hydrogens is 322 g/mol. The highest BCUT2D eigenvalue weighted by Gasteiger charge is 2.27. The minimum Gasteiger partial charge on any atom is -0.312 e. The first-order valence-electron chi connectivity index (χ1n) is 9.78. The van der Waals surface area contributed by atoms with Crippen LogP contribution in [0.2, 0.25) is 0 Å². The van der Waals surface area contributed by atoms with Gasteiger partial charge in [-0.25, -0.2) is 5.43 Å². The highest BCUT2D eigenvalue weighted by atomic mass is 15.4. The normalized spacial score (nSPS) is 23.5. The predicted molar refractivity (Wildman–Crippen MR) is 104 cm³/mol. The van der Waals surface area contributed by atoms with Crippen LogP contribution >= 0.6 is 0 Å². The third kappa shape index (κ3) is 4.30. The van der Waals surface area contributed by atoms with Crippen molar-refractivity contribution in [2.45, 2.75) is 32.0 Å². The third-order valence-electron chi connectivity index (χ3n) is 5.57. The van der Waals surface area contributed by atoms with Gasteiger partial charge in [0.15, 0.2) is 0 Å². The lowest BCUT2D eigenvalue weighted by molar-refractivity contribution is 0.330. The van der Waals surface area contributed by atoms with Gasteiger partial charge in [0.05, 0.1) is 6.04 Å². The second-order valence-electron chi connectivity index (χ2n) is 7.43. The molecule has 2 aliphatic heterocycles. The maximum atomic E-state index is 4.26. The van der Waals surface area contributed by atoms with Crippen LogP contribution in [0.3, 0.4) is 0 Å². The van der Waals surface area contributed by atoms with Crippen molar-refractivity contribution in [1.82, 2.24) is 26.1 Å². The number of hydrogen-bond donors (Lipinski definition) is 3. The summed E-state index contributed by atoms with van der Waals surface area (Å²) in [6.07, 6.45) is 6.48. The standard InChI is InChI=1S/C21H29N5/c1-2-7-19(16-26-10-3-4-11-26)17(6-1)12-23-14-20-15-24-25-21(20)18-8-5-9-22-13-18/h1-2,5-9,13,20-21,23-25H,3-4,10-12,14-16H2. The quantitative estimate of drug-likeness (QED) is 0.714. The van der Waals surface area contributed by atoms with Crippen molar-refractivity contribution in [1.29, 1.82) is 0 Å². The van der Waals surface area contributed by atoms with Gasteiger partial charge in [-0.3, -0.25) is 15.3 Å². The fourth-order valence-corrected chi connectivity index (χ4v) is 4.10. The molecule has 5 nitrogen and oxygen atoms in total. The molecule has 2 aromatic rings. The number of aromatic nitrogens is 1.